The predicted octanol–water partition coefficient (Wildman–Crippen LogP) is 3.77. The highest BCUT2D eigenvalue weighted by Gasteiger charge is 2.40. The summed E-state index contributed by atoms with van der Waals surface area (Å²) in [5.41, 5.74) is 3.53. The summed E-state index contributed by atoms with van der Waals surface area (Å²) in [6.07, 6.45) is 4.82. The molecule has 174 valence electrons. The summed E-state index contributed by atoms with van der Waals surface area (Å²) in [5, 5.41) is 5.97. The minimum Gasteiger partial charge on any atom is -0.348 e. The van der Waals surface area contributed by atoms with Gasteiger partial charge in [-0.25, -0.2) is 0 Å². The van der Waals surface area contributed by atoms with E-state index in [9.17, 15) is 14.4 Å². The zero-order valence-corrected chi connectivity index (χ0v) is 19.9. The van der Waals surface area contributed by atoms with E-state index < -0.39 is 6.04 Å². The summed E-state index contributed by atoms with van der Waals surface area (Å²) >= 11 is 1.68. The van der Waals surface area contributed by atoms with Gasteiger partial charge in [0.05, 0.1) is 11.3 Å². The third-order valence-electron chi connectivity index (χ3n) is 6.61. The maximum Gasteiger partial charge on any atom is 0.268 e. The summed E-state index contributed by atoms with van der Waals surface area (Å²) in [5.74, 6) is -0.554. The number of amides is 3. The van der Waals surface area contributed by atoms with Crippen LogP contribution in [-0.4, -0.2) is 52.1 Å². The summed E-state index contributed by atoms with van der Waals surface area (Å²) in [6.45, 7) is 0.404. The summed E-state index contributed by atoms with van der Waals surface area (Å²) < 4.78 is 1.76. The van der Waals surface area contributed by atoms with E-state index in [0.29, 0.717) is 36.3 Å². The van der Waals surface area contributed by atoms with Gasteiger partial charge in [0, 0.05) is 30.7 Å². The first-order valence-corrected chi connectivity index (χ1v) is 12.5. The number of anilines is 1. The number of carbonyl (C=O) groups is 3. The Kier molecular flexibility index (Phi) is 5.91. The monoisotopic (exact) mass is 474 g/mol. The lowest BCUT2D eigenvalue weighted by molar-refractivity contribution is -0.121. The number of nitrogens with one attached hydrogen (secondary N) is 2. The molecule has 0 bridgehead atoms. The van der Waals surface area contributed by atoms with Crippen molar-refractivity contribution in [1.82, 2.24) is 14.8 Å². The average Bonchev–Trinajstić information content (AvgIpc) is 3.26. The van der Waals surface area contributed by atoms with Crippen LogP contribution in [0.4, 0.5) is 5.69 Å². The van der Waals surface area contributed by atoms with E-state index in [1.54, 1.807) is 33.4 Å². The molecule has 8 heteroatoms. The molecular formula is C26H26N4O3S. The zero-order valence-electron chi connectivity index (χ0n) is 19.1. The molecule has 1 saturated heterocycles. The number of aryl methyl sites for hydroxylation is 1. The highest BCUT2D eigenvalue weighted by atomic mass is 32.2. The van der Waals surface area contributed by atoms with E-state index in [0.717, 1.165) is 11.1 Å². The van der Waals surface area contributed by atoms with Crippen molar-refractivity contribution in [3.63, 3.8) is 0 Å². The van der Waals surface area contributed by atoms with E-state index in [2.05, 4.69) is 22.8 Å². The van der Waals surface area contributed by atoms with E-state index >= 15 is 0 Å². The fourth-order valence-electron chi connectivity index (χ4n) is 4.71. The number of rotatable bonds is 4. The molecule has 5 rings (SSSR count). The van der Waals surface area contributed by atoms with Gasteiger partial charge in [-0.1, -0.05) is 18.2 Å². The fourth-order valence-corrected chi connectivity index (χ4v) is 5.12. The largest absolute Gasteiger partial charge is 0.348 e. The molecule has 2 atom stereocenters. The van der Waals surface area contributed by atoms with E-state index in [1.165, 1.54) is 4.90 Å². The first-order chi connectivity index (χ1) is 16.4. The Bertz CT molecular complexity index is 1270. The number of thioether (sulfide) groups is 1. The van der Waals surface area contributed by atoms with Crippen molar-refractivity contribution < 1.29 is 14.4 Å². The third-order valence-corrected chi connectivity index (χ3v) is 7.35. The molecule has 1 fully saturated rings. The normalized spacial score (nSPS) is 19.6. The topological polar surface area (TPSA) is 83.4 Å². The summed E-state index contributed by atoms with van der Waals surface area (Å²) in [7, 11) is 1.82. The van der Waals surface area contributed by atoms with Crippen LogP contribution < -0.4 is 10.6 Å². The van der Waals surface area contributed by atoms with Gasteiger partial charge < -0.3 is 20.1 Å². The maximum absolute atomic E-state index is 13.5. The SMILES string of the molecule is CSc1ccc(-c2ccc3c(c2)C(=O)N2CC[C@H](NC(=O)c4cccn4C)C[C@H]2C(=O)N3)cc1. The van der Waals surface area contributed by atoms with E-state index in [1.807, 2.05) is 49.8 Å². The van der Waals surface area contributed by atoms with Crippen LogP contribution in [0.5, 0.6) is 0 Å². The number of carbonyl (C=O) groups excluding carboxylic acids is 3. The highest BCUT2D eigenvalue weighted by Crippen LogP contribution is 2.32. The van der Waals surface area contributed by atoms with Crippen LogP contribution in [0.15, 0.2) is 65.7 Å². The van der Waals surface area contributed by atoms with Crippen molar-refractivity contribution in [1.29, 1.82) is 0 Å². The van der Waals surface area contributed by atoms with Gasteiger partial charge in [-0.05, 0) is 66.6 Å². The lowest BCUT2D eigenvalue weighted by Gasteiger charge is -2.37. The van der Waals surface area contributed by atoms with Gasteiger partial charge in [0.1, 0.15) is 11.7 Å². The third kappa shape index (κ3) is 4.09. The molecule has 1 aromatic heterocycles. The Morgan fingerprint density at radius 3 is 2.56 bits per heavy atom. The van der Waals surface area contributed by atoms with Crippen molar-refractivity contribution in [2.45, 2.75) is 29.8 Å². The van der Waals surface area contributed by atoms with Gasteiger partial charge in [0.15, 0.2) is 0 Å². The molecule has 3 heterocycles. The van der Waals surface area contributed by atoms with Crippen LogP contribution >= 0.6 is 11.8 Å². The molecular weight excluding hydrogens is 448 g/mol. The van der Waals surface area contributed by atoms with Crippen molar-refractivity contribution >= 4 is 35.2 Å². The maximum atomic E-state index is 13.5. The second-order valence-corrected chi connectivity index (χ2v) is 9.57. The quantitative estimate of drug-likeness (QED) is 0.564. The Morgan fingerprint density at radius 2 is 1.85 bits per heavy atom. The molecule has 34 heavy (non-hydrogen) atoms. The number of aromatic nitrogens is 1. The standard InChI is InChI=1S/C26H26N4O3S/c1-29-12-3-4-22(29)24(31)27-18-11-13-30-23(15-18)25(32)28-21-10-7-17(14-20(21)26(30)33)16-5-8-19(34-2)9-6-16/h3-10,12,14,18,23H,11,13,15H2,1-2H3,(H,27,31)(H,28,32)/t18-,23-/m0/s1. The van der Waals surface area contributed by atoms with Crippen molar-refractivity contribution in [3.8, 4) is 11.1 Å². The number of hydrogen-bond acceptors (Lipinski definition) is 4. The Balaban J connectivity index is 1.36. The lowest BCUT2D eigenvalue weighted by atomic mass is 9.95. The molecule has 3 aromatic rings. The van der Waals surface area contributed by atoms with Crippen LogP contribution in [0, 0.1) is 0 Å². The minimum atomic E-state index is -0.628. The molecule has 2 aliphatic heterocycles. The Labute approximate surface area is 202 Å². The highest BCUT2D eigenvalue weighted by molar-refractivity contribution is 7.98. The number of benzene rings is 2. The molecule has 0 unspecified atom stereocenters. The summed E-state index contributed by atoms with van der Waals surface area (Å²) in [4.78, 5) is 42.0. The lowest BCUT2D eigenvalue weighted by Crippen LogP contribution is -2.55. The Morgan fingerprint density at radius 1 is 1.09 bits per heavy atom. The van der Waals surface area contributed by atoms with Crippen LogP contribution in [0.1, 0.15) is 33.7 Å². The molecule has 0 radical (unpaired) electrons. The van der Waals surface area contributed by atoms with Crippen LogP contribution in [-0.2, 0) is 11.8 Å². The predicted molar refractivity (Wildman–Crippen MR) is 133 cm³/mol. The van der Waals surface area contributed by atoms with Crippen molar-refractivity contribution in [2.24, 2.45) is 7.05 Å². The van der Waals surface area contributed by atoms with Crippen LogP contribution in [0.2, 0.25) is 0 Å². The molecule has 2 aliphatic rings. The van der Waals surface area contributed by atoms with Crippen LogP contribution in [0.25, 0.3) is 11.1 Å². The first-order valence-electron chi connectivity index (χ1n) is 11.3. The van der Waals surface area contributed by atoms with Gasteiger partial charge in [-0.15, -0.1) is 11.8 Å². The average molecular weight is 475 g/mol. The molecule has 7 nitrogen and oxygen atoms in total. The van der Waals surface area contributed by atoms with Gasteiger partial charge in [-0.2, -0.15) is 0 Å². The second-order valence-electron chi connectivity index (χ2n) is 8.69. The Hall–Kier alpha value is -3.52. The number of piperidine rings is 1. The minimum absolute atomic E-state index is 0.159. The van der Waals surface area contributed by atoms with E-state index in [-0.39, 0.29) is 23.8 Å². The van der Waals surface area contributed by atoms with E-state index in [4.69, 9.17) is 0 Å². The molecule has 0 spiro atoms. The van der Waals surface area contributed by atoms with Crippen LogP contribution in [0.3, 0.4) is 0 Å². The molecule has 2 aromatic carbocycles. The van der Waals surface area contributed by atoms with Gasteiger partial charge in [-0.3, -0.25) is 14.4 Å². The smallest absolute Gasteiger partial charge is 0.268 e. The summed E-state index contributed by atoms with van der Waals surface area (Å²) in [6, 6.07) is 16.5. The van der Waals surface area contributed by atoms with Crippen molar-refractivity contribution in [3.05, 3.63) is 72.1 Å². The molecule has 3 amide bonds. The van der Waals surface area contributed by atoms with Gasteiger partial charge >= 0.3 is 0 Å². The molecule has 0 aliphatic carbocycles. The fraction of sp³-hybridized carbons (Fsp3) is 0.269. The second kappa shape index (κ2) is 9.02. The molecule has 0 saturated carbocycles. The number of nitrogens with zero attached hydrogens (tertiary/aromatic N) is 2. The number of fused-ring (bicyclic) bond motifs is 2. The molecule has 2 N–H and O–H groups in total. The first kappa shape index (κ1) is 22.3. The van der Waals surface area contributed by atoms with Gasteiger partial charge in [0.25, 0.3) is 11.8 Å². The number of hydrogen-bond donors (Lipinski definition) is 2. The van der Waals surface area contributed by atoms with Gasteiger partial charge in [0.2, 0.25) is 5.91 Å². The van der Waals surface area contributed by atoms with Crippen molar-refractivity contribution in [2.75, 3.05) is 18.1 Å². The zero-order chi connectivity index (χ0) is 23.8.